The number of amides is 2. The van der Waals surface area contributed by atoms with Gasteiger partial charge in [0.2, 0.25) is 5.91 Å². The lowest BCUT2D eigenvalue weighted by Gasteiger charge is -2.26. The number of hydrogen-bond acceptors (Lipinski definition) is 4. The molecule has 24 heavy (non-hydrogen) atoms. The molecule has 1 aliphatic heterocycles. The van der Waals surface area contributed by atoms with E-state index >= 15 is 0 Å². The van der Waals surface area contributed by atoms with E-state index < -0.39 is 0 Å². The predicted molar refractivity (Wildman–Crippen MR) is 87.2 cm³/mol. The van der Waals surface area contributed by atoms with Gasteiger partial charge in [0.1, 0.15) is 11.6 Å². The summed E-state index contributed by atoms with van der Waals surface area (Å²) in [4.78, 5) is 30.7. The summed E-state index contributed by atoms with van der Waals surface area (Å²) in [6.45, 7) is 4.78. The van der Waals surface area contributed by atoms with Gasteiger partial charge in [-0.3, -0.25) is 9.59 Å². The van der Waals surface area contributed by atoms with Crippen LogP contribution in [0.2, 0.25) is 0 Å². The smallest absolute Gasteiger partial charge is 0.287 e. The van der Waals surface area contributed by atoms with Crippen LogP contribution in [0.3, 0.4) is 0 Å². The van der Waals surface area contributed by atoms with E-state index in [1.807, 2.05) is 29.6 Å². The molecule has 2 amide bonds. The lowest BCUT2D eigenvalue weighted by molar-refractivity contribution is -0.128. The zero-order valence-corrected chi connectivity index (χ0v) is 14.2. The molecule has 0 spiro atoms. The average molecular weight is 330 g/mol. The molecular formula is C17H22N4O3. The van der Waals surface area contributed by atoms with Crippen LogP contribution in [0.1, 0.15) is 41.5 Å². The molecule has 3 heterocycles. The normalized spacial score (nSPS) is 20.6. The van der Waals surface area contributed by atoms with E-state index in [1.165, 1.54) is 0 Å². The zero-order valence-electron chi connectivity index (χ0n) is 14.2. The molecule has 128 valence electrons. The van der Waals surface area contributed by atoms with Crippen molar-refractivity contribution in [3.63, 3.8) is 0 Å². The van der Waals surface area contributed by atoms with E-state index in [4.69, 9.17) is 4.42 Å². The van der Waals surface area contributed by atoms with Crippen molar-refractivity contribution in [3.8, 4) is 0 Å². The maximum atomic E-state index is 12.3. The summed E-state index contributed by atoms with van der Waals surface area (Å²) in [7, 11) is 1.92. The minimum atomic E-state index is -0.260. The van der Waals surface area contributed by atoms with Crippen LogP contribution in [0.5, 0.6) is 0 Å². The molecule has 2 aromatic rings. The third-order valence-corrected chi connectivity index (χ3v) is 4.49. The highest BCUT2D eigenvalue weighted by molar-refractivity contribution is 5.91. The first-order chi connectivity index (χ1) is 11.5. The fourth-order valence-corrected chi connectivity index (χ4v) is 3.30. The topological polar surface area (TPSA) is 80.4 Å². The fourth-order valence-electron chi connectivity index (χ4n) is 3.30. The van der Waals surface area contributed by atoms with Crippen molar-refractivity contribution in [2.45, 2.75) is 26.3 Å². The van der Waals surface area contributed by atoms with Crippen molar-refractivity contribution >= 4 is 11.8 Å². The second-order valence-electron chi connectivity index (χ2n) is 6.11. The molecule has 0 saturated carbocycles. The molecule has 1 aliphatic rings. The Morgan fingerprint density at radius 2 is 2.25 bits per heavy atom. The van der Waals surface area contributed by atoms with E-state index in [2.05, 4.69) is 10.3 Å². The third-order valence-electron chi connectivity index (χ3n) is 4.49. The minimum Gasteiger partial charge on any atom is -0.456 e. The van der Waals surface area contributed by atoms with E-state index in [0.717, 1.165) is 5.82 Å². The molecule has 1 N–H and O–H groups in total. The van der Waals surface area contributed by atoms with Gasteiger partial charge < -0.3 is 19.2 Å². The molecule has 0 unspecified atom stereocenters. The standard InChI is InChI=1S/C17H22N4O3/c1-4-21-14(22)9-12(15(21)16-18-7-8-20(16)3)10-19-17(23)13-6-5-11(2)24-13/h5-8,12,15H,4,9-10H2,1-3H3,(H,19,23)/t12-,15+/m0/s1. The predicted octanol–water partition coefficient (Wildman–Crippen LogP) is 1.66. The van der Waals surface area contributed by atoms with Crippen LogP contribution >= 0.6 is 0 Å². The van der Waals surface area contributed by atoms with Crippen molar-refractivity contribution in [2.75, 3.05) is 13.1 Å². The van der Waals surface area contributed by atoms with Gasteiger partial charge in [0.05, 0.1) is 6.04 Å². The Morgan fingerprint density at radius 3 is 2.83 bits per heavy atom. The van der Waals surface area contributed by atoms with Gasteiger partial charge in [-0.15, -0.1) is 0 Å². The highest BCUT2D eigenvalue weighted by atomic mass is 16.3. The molecule has 1 saturated heterocycles. The van der Waals surface area contributed by atoms with Gasteiger partial charge in [-0.05, 0) is 26.0 Å². The first-order valence-electron chi connectivity index (χ1n) is 8.12. The van der Waals surface area contributed by atoms with Crippen molar-refractivity contribution in [1.82, 2.24) is 19.8 Å². The largest absolute Gasteiger partial charge is 0.456 e. The molecule has 1 fully saturated rings. The summed E-state index contributed by atoms with van der Waals surface area (Å²) in [5, 5.41) is 2.88. The molecule has 0 aromatic carbocycles. The Morgan fingerprint density at radius 1 is 1.46 bits per heavy atom. The quantitative estimate of drug-likeness (QED) is 0.904. The first kappa shape index (κ1) is 16.3. The Kier molecular flexibility index (Phi) is 4.42. The van der Waals surface area contributed by atoms with Crippen LogP contribution in [0.4, 0.5) is 0 Å². The lowest BCUT2D eigenvalue weighted by atomic mass is 9.99. The number of aromatic nitrogens is 2. The Hall–Kier alpha value is -2.57. The maximum absolute atomic E-state index is 12.3. The second-order valence-corrected chi connectivity index (χ2v) is 6.11. The second kappa shape index (κ2) is 6.51. The van der Waals surface area contributed by atoms with E-state index in [0.29, 0.717) is 25.3 Å². The van der Waals surface area contributed by atoms with Gasteiger partial charge >= 0.3 is 0 Å². The molecular weight excluding hydrogens is 308 g/mol. The van der Waals surface area contributed by atoms with E-state index in [9.17, 15) is 9.59 Å². The fraction of sp³-hybridized carbons (Fsp3) is 0.471. The first-order valence-corrected chi connectivity index (χ1v) is 8.12. The highest BCUT2D eigenvalue weighted by Crippen LogP contribution is 2.36. The highest BCUT2D eigenvalue weighted by Gasteiger charge is 2.41. The van der Waals surface area contributed by atoms with Crippen molar-refractivity contribution < 1.29 is 14.0 Å². The Labute approximate surface area is 140 Å². The van der Waals surface area contributed by atoms with Gasteiger partial charge in [0.25, 0.3) is 5.91 Å². The number of rotatable bonds is 5. The molecule has 2 atom stereocenters. The number of imidazole rings is 1. The van der Waals surface area contributed by atoms with Crippen LogP contribution in [-0.4, -0.2) is 39.4 Å². The number of carbonyl (C=O) groups is 2. The van der Waals surface area contributed by atoms with Gasteiger partial charge in [-0.1, -0.05) is 0 Å². The number of hydrogen-bond donors (Lipinski definition) is 1. The lowest BCUT2D eigenvalue weighted by Crippen LogP contribution is -2.35. The van der Waals surface area contributed by atoms with Crippen LogP contribution in [-0.2, 0) is 11.8 Å². The molecule has 0 radical (unpaired) electrons. The van der Waals surface area contributed by atoms with Crippen LogP contribution in [0.25, 0.3) is 0 Å². The number of aryl methyl sites for hydroxylation is 2. The monoisotopic (exact) mass is 330 g/mol. The molecule has 3 rings (SSSR count). The van der Waals surface area contributed by atoms with Crippen molar-refractivity contribution in [2.24, 2.45) is 13.0 Å². The van der Waals surface area contributed by atoms with Crippen molar-refractivity contribution in [3.05, 3.63) is 41.9 Å². The summed E-state index contributed by atoms with van der Waals surface area (Å²) in [5.41, 5.74) is 0. The summed E-state index contributed by atoms with van der Waals surface area (Å²) in [5.74, 6) is 1.65. The van der Waals surface area contributed by atoms with Crippen LogP contribution in [0.15, 0.2) is 28.9 Å². The maximum Gasteiger partial charge on any atom is 0.287 e. The van der Waals surface area contributed by atoms with Gasteiger partial charge in [-0.2, -0.15) is 0 Å². The van der Waals surface area contributed by atoms with E-state index in [-0.39, 0.29) is 29.5 Å². The van der Waals surface area contributed by atoms with Crippen LogP contribution in [0, 0.1) is 12.8 Å². The summed E-state index contributed by atoms with van der Waals surface area (Å²) < 4.78 is 7.26. The zero-order chi connectivity index (χ0) is 17.3. The minimum absolute atomic E-state index is 0.0152. The molecule has 7 heteroatoms. The number of furan rings is 1. The van der Waals surface area contributed by atoms with Crippen LogP contribution < -0.4 is 5.32 Å². The Bertz CT molecular complexity index is 749. The summed E-state index contributed by atoms with van der Waals surface area (Å²) in [6.07, 6.45) is 4.00. The van der Waals surface area contributed by atoms with Crippen molar-refractivity contribution in [1.29, 1.82) is 0 Å². The summed E-state index contributed by atoms with van der Waals surface area (Å²) >= 11 is 0. The SMILES string of the molecule is CCN1C(=O)C[C@@H](CNC(=O)c2ccc(C)o2)[C@@H]1c1nccn1C. The van der Waals surface area contributed by atoms with E-state index in [1.54, 1.807) is 25.3 Å². The van der Waals surface area contributed by atoms with Gasteiger partial charge in [0.15, 0.2) is 5.76 Å². The number of nitrogens with zero attached hydrogens (tertiary/aromatic N) is 3. The average Bonchev–Trinajstić information content (AvgIpc) is 3.23. The summed E-state index contributed by atoms with van der Waals surface area (Å²) in [6, 6.07) is 3.28. The molecule has 0 aliphatic carbocycles. The molecule has 7 nitrogen and oxygen atoms in total. The number of nitrogens with one attached hydrogen (secondary N) is 1. The van der Waals surface area contributed by atoms with Gasteiger partial charge in [-0.25, -0.2) is 4.98 Å². The van der Waals surface area contributed by atoms with Gasteiger partial charge in [0, 0.05) is 44.9 Å². The number of likely N-dealkylation sites (tertiary alicyclic amines) is 1. The molecule has 2 aromatic heterocycles. The molecule has 0 bridgehead atoms. The third kappa shape index (κ3) is 2.93. The number of carbonyl (C=O) groups excluding carboxylic acids is 2. The Balaban J connectivity index is 1.74.